The van der Waals surface area contributed by atoms with Crippen LogP contribution >= 0.6 is 23.2 Å². The minimum absolute atomic E-state index is 0.170. The summed E-state index contributed by atoms with van der Waals surface area (Å²) in [5, 5.41) is 9.33. The maximum Gasteiger partial charge on any atom is 0.241 e. The molecule has 0 aliphatic rings. The third kappa shape index (κ3) is 10.4. The van der Waals surface area contributed by atoms with E-state index >= 15 is 0 Å². The van der Waals surface area contributed by atoms with Crippen molar-refractivity contribution in [2.24, 2.45) is 0 Å². The Labute approximate surface area is 327 Å². The van der Waals surface area contributed by atoms with Crippen LogP contribution in [0.25, 0.3) is 21.5 Å². The molecular formula is C40H44Cl2N4O6S2. The first kappa shape index (κ1) is 41.1. The Hall–Kier alpha value is -4.04. The van der Waals surface area contributed by atoms with Crippen LogP contribution in [-0.2, 0) is 29.6 Å². The SMILES string of the molecule is Cc1ccc(C)c(NC(=O)CCCCCNS(=O)(=O)c2ccc(Cl)c3ccccc23)c1NC(=O)CCCCCNS(=O)(=O)c1ccc(Cl)c2ccccc12. The average molecular weight is 812 g/mol. The predicted molar refractivity (Wildman–Crippen MR) is 218 cm³/mol. The fourth-order valence-electron chi connectivity index (χ4n) is 6.22. The van der Waals surface area contributed by atoms with Crippen LogP contribution in [0, 0.1) is 13.8 Å². The van der Waals surface area contributed by atoms with E-state index in [0.717, 1.165) is 11.1 Å². The summed E-state index contributed by atoms with van der Waals surface area (Å²) < 4.78 is 57.4. The van der Waals surface area contributed by atoms with Crippen molar-refractivity contribution in [3.05, 3.63) is 106 Å². The average Bonchev–Trinajstić information content (AvgIpc) is 3.14. The molecule has 54 heavy (non-hydrogen) atoms. The van der Waals surface area contributed by atoms with Gasteiger partial charge in [-0.25, -0.2) is 26.3 Å². The van der Waals surface area contributed by atoms with Gasteiger partial charge in [-0.1, -0.05) is 96.7 Å². The van der Waals surface area contributed by atoms with Crippen molar-refractivity contribution >= 4 is 88.0 Å². The van der Waals surface area contributed by atoms with Gasteiger partial charge in [-0.15, -0.1) is 0 Å². The molecule has 0 bridgehead atoms. The van der Waals surface area contributed by atoms with Gasteiger partial charge in [0.25, 0.3) is 0 Å². The van der Waals surface area contributed by atoms with Crippen LogP contribution in [0.5, 0.6) is 0 Å². The normalized spacial score (nSPS) is 11.9. The number of carbonyl (C=O) groups is 2. The minimum Gasteiger partial charge on any atom is -0.324 e. The van der Waals surface area contributed by atoms with Crippen molar-refractivity contribution in [3.63, 3.8) is 0 Å². The van der Waals surface area contributed by atoms with Gasteiger partial charge in [-0.05, 0) is 74.9 Å². The topological polar surface area (TPSA) is 151 Å². The number of carbonyl (C=O) groups excluding carboxylic acids is 2. The molecule has 0 aliphatic carbocycles. The maximum absolute atomic E-state index is 13.0. The van der Waals surface area contributed by atoms with Crippen molar-refractivity contribution in [1.82, 2.24) is 9.44 Å². The molecular weight excluding hydrogens is 768 g/mol. The zero-order valence-corrected chi connectivity index (χ0v) is 33.3. The summed E-state index contributed by atoms with van der Waals surface area (Å²) in [5.41, 5.74) is 2.68. The van der Waals surface area contributed by atoms with Crippen LogP contribution in [-0.4, -0.2) is 41.7 Å². The first-order chi connectivity index (χ1) is 25.8. The second kappa shape index (κ2) is 18.5. The van der Waals surface area contributed by atoms with Crippen LogP contribution in [0.15, 0.2) is 94.7 Å². The molecule has 0 fully saturated rings. The van der Waals surface area contributed by atoms with E-state index < -0.39 is 20.0 Å². The van der Waals surface area contributed by atoms with Gasteiger partial charge in [-0.2, -0.15) is 0 Å². The molecule has 5 rings (SSSR count). The molecule has 0 spiro atoms. The largest absolute Gasteiger partial charge is 0.324 e. The second-order valence-corrected chi connectivity index (χ2v) is 17.4. The lowest BCUT2D eigenvalue weighted by atomic mass is 10.1. The standard InChI is InChI=1S/C40H44Cl2N4O6S2/c1-27-19-20-28(2)40(46-38(48)18-6-4-12-26-44-54(51,52)36-24-22-34(42)30-14-8-10-16-32(30)36)39(27)45-37(47)17-5-3-11-25-43-53(49,50)35-23-21-33(41)29-13-7-9-15-31(29)35/h7-10,13-16,19-24,43-44H,3-6,11-12,17-18,25-26H2,1-2H3,(H,45,47)(H,46,48). The number of amides is 2. The number of fused-ring (bicyclic) bond motifs is 2. The molecule has 4 N–H and O–H groups in total. The molecule has 0 unspecified atom stereocenters. The molecule has 286 valence electrons. The molecule has 10 nitrogen and oxygen atoms in total. The van der Waals surface area contributed by atoms with Crippen molar-refractivity contribution in [2.45, 2.75) is 75.0 Å². The van der Waals surface area contributed by atoms with Crippen molar-refractivity contribution in [3.8, 4) is 0 Å². The Morgan fingerprint density at radius 2 is 0.870 bits per heavy atom. The van der Waals surface area contributed by atoms with E-state index in [2.05, 4.69) is 20.1 Å². The van der Waals surface area contributed by atoms with Gasteiger partial charge in [0.05, 0.1) is 21.2 Å². The van der Waals surface area contributed by atoms with Crippen LogP contribution in [0.1, 0.15) is 62.5 Å². The first-order valence-electron chi connectivity index (χ1n) is 17.8. The minimum atomic E-state index is -3.75. The van der Waals surface area contributed by atoms with E-state index in [-0.39, 0.29) is 47.5 Å². The molecule has 0 atom stereocenters. The van der Waals surface area contributed by atoms with Gasteiger partial charge in [-0.3, -0.25) is 9.59 Å². The number of benzene rings is 5. The fraction of sp³-hybridized carbons (Fsp3) is 0.300. The van der Waals surface area contributed by atoms with E-state index in [4.69, 9.17) is 23.2 Å². The lowest BCUT2D eigenvalue weighted by molar-refractivity contribution is -0.117. The van der Waals surface area contributed by atoms with Gasteiger partial charge in [0.1, 0.15) is 0 Å². The number of hydrogen-bond donors (Lipinski definition) is 4. The van der Waals surface area contributed by atoms with Crippen LogP contribution in [0.2, 0.25) is 10.0 Å². The summed E-state index contributed by atoms with van der Waals surface area (Å²) in [6.07, 6.45) is 3.93. The Morgan fingerprint density at radius 1 is 0.500 bits per heavy atom. The molecule has 0 aliphatic heterocycles. The molecule has 0 saturated carbocycles. The van der Waals surface area contributed by atoms with E-state index in [1.165, 1.54) is 12.1 Å². The lowest BCUT2D eigenvalue weighted by Crippen LogP contribution is -2.25. The number of anilines is 2. The van der Waals surface area contributed by atoms with E-state index in [1.807, 2.05) is 26.0 Å². The highest BCUT2D eigenvalue weighted by atomic mass is 35.5. The maximum atomic E-state index is 13.0. The van der Waals surface area contributed by atoms with Crippen LogP contribution in [0.3, 0.4) is 0 Å². The van der Waals surface area contributed by atoms with Gasteiger partial charge in [0.2, 0.25) is 31.9 Å². The highest BCUT2D eigenvalue weighted by molar-refractivity contribution is 7.90. The summed E-state index contributed by atoms with van der Waals surface area (Å²) in [6.45, 7) is 4.16. The number of unbranched alkanes of at least 4 members (excludes halogenated alkanes) is 4. The Morgan fingerprint density at radius 3 is 1.26 bits per heavy atom. The third-order valence-electron chi connectivity index (χ3n) is 9.14. The lowest BCUT2D eigenvalue weighted by Gasteiger charge is -2.17. The number of nitrogens with one attached hydrogen (secondary N) is 4. The molecule has 2 amide bonds. The van der Waals surface area contributed by atoms with E-state index in [1.54, 1.807) is 60.7 Å². The number of halogens is 2. The Balaban J connectivity index is 1.03. The quantitative estimate of drug-likeness (QED) is 0.0650. The summed E-state index contributed by atoms with van der Waals surface area (Å²) in [7, 11) is -7.51. The van der Waals surface area contributed by atoms with E-state index in [9.17, 15) is 26.4 Å². The summed E-state index contributed by atoms with van der Waals surface area (Å²) in [5.74, 6) is -0.414. The summed E-state index contributed by atoms with van der Waals surface area (Å²) in [4.78, 5) is 26.2. The van der Waals surface area contributed by atoms with Gasteiger partial charge < -0.3 is 10.6 Å². The zero-order valence-electron chi connectivity index (χ0n) is 30.2. The van der Waals surface area contributed by atoms with Crippen LogP contribution in [0.4, 0.5) is 11.4 Å². The highest BCUT2D eigenvalue weighted by Gasteiger charge is 2.20. The van der Waals surface area contributed by atoms with E-state index in [0.29, 0.717) is 81.5 Å². The number of rotatable bonds is 18. The molecule has 0 aromatic heterocycles. The number of sulfonamides is 2. The second-order valence-electron chi connectivity index (χ2n) is 13.1. The van der Waals surface area contributed by atoms with Crippen LogP contribution < -0.4 is 20.1 Å². The van der Waals surface area contributed by atoms with Crippen molar-refractivity contribution in [2.75, 3.05) is 23.7 Å². The first-order valence-corrected chi connectivity index (χ1v) is 21.5. The van der Waals surface area contributed by atoms with Gasteiger partial charge in [0, 0.05) is 57.5 Å². The molecule has 14 heteroatoms. The number of aryl methyl sites for hydroxylation is 2. The summed E-state index contributed by atoms with van der Waals surface area (Å²) >= 11 is 12.5. The molecule has 0 heterocycles. The monoisotopic (exact) mass is 810 g/mol. The Kier molecular flexibility index (Phi) is 14.1. The zero-order chi connectivity index (χ0) is 38.9. The molecule has 0 radical (unpaired) electrons. The number of hydrogen-bond acceptors (Lipinski definition) is 6. The Bertz CT molecular complexity index is 2220. The van der Waals surface area contributed by atoms with Gasteiger partial charge in [0.15, 0.2) is 0 Å². The fourth-order valence-corrected chi connectivity index (χ4v) is 9.24. The van der Waals surface area contributed by atoms with Gasteiger partial charge >= 0.3 is 0 Å². The molecule has 0 saturated heterocycles. The predicted octanol–water partition coefficient (Wildman–Crippen LogP) is 8.87. The third-order valence-corrected chi connectivity index (χ3v) is 12.8. The molecule has 5 aromatic carbocycles. The van der Waals surface area contributed by atoms with Crippen molar-refractivity contribution in [1.29, 1.82) is 0 Å². The van der Waals surface area contributed by atoms with Crippen molar-refractivity contribution < 1.29 is 26.4 Å². The highest BCUT2D eigenvalue weighted by Crippen LogP contribution is 2.32. The smallest absolute Gasteiger partial charge is 0.241 e. The summed E-state index contributed by atoms with van der Waals surface area (Å²) in [6, 6.07) is 24.1. The molecule has 5 aromatic rings.